The number of anilines is 1. The van der Waals surface area contributed by atoms with Gasteiger partial charge in [0.2, 0.25) is 0 Å². The number of nitrogen functional groups attached to an aromatic ring is 1. The molecule has 0 fully saturated rings. The van der Waals surface area contributed by atoms with Gasteiger partial charge in [-0.25, -0.2) is 0 Å². The Morgan fingerprint density at radius 2 is 2.17 bits per heavy atom. The third-order valence-electron chi connectivity index (χ3n) is 1.62. The molecule has 0 atom stereocenters. The highest BCUT2D eigenvalue weighted by Gasteiger charge is 2.03. The Hall–Kier alpha value is -0.700. The van der Waals surface area contributed by atoms with Crippen molar-refractivity contribution in [1.29, 1.82) is 0 Å². The van der Waals surface area contributed by atoms with E-state index in [1.165, 1.54) is 0 Å². The summed E-state index contributed by atoms with van der Waals surface area (Å²) in [6.07, 6.45) is 0. The highest BCUT2D eigenvalue weighted by atomic mass is 79.9. The number of hydrogen-bond donors (Lipinski definition) is 1. The Kier molecular flexibility index (Phi) is 2.98. The van der Waals surface area contributed by atoms with E-state index in [1.807, 2.05) is 26.0 Å². The van der Waals surface area contributed by atoms with Crippen LogP contribution in [0.4, 0.5) is 5.69 Å². The maximum atomic E-state index is 5.72. The first kappa shape index (κ1) is 9.39. The summed E-state index contributed by atoms with van der Waals surface area (Å²) < 4.78 is 6.30. The van der Waals surface area contributed by atoms with Crippen LogP contribution in [0.3, 0.4) is 0 Å². The fourth-order valence-corrected chi connectivity index (χ4v) is 1.51. The van der Waals surface area contributed by atoms with Crippen molar-refractivity contribution in [2.75, 3.05) is 12.3 Å². The second kappa shape index (κ2) is 3.81. The van der Waals surface area contributed by atoms with Crippen LogP contribution in [-0.2, 0) is 0 Å². The van der Waals surface area contributed by atoms with Gasteiger partial charge in [0.25, 0.3) is 0 Å². The molecule has 2 N–H and O–H groups in total. The molecule has 0 aliphatic carbocycles. The van der Waals surface area contributed by atoms with Crippen molar-refractivity contribution < 1.29 is 4.74 Å². The zero-order valence-electron chi connectivity index (χ0n) is 7.23. The van der Waals surface area contributed by atoms with E-state index >= 15 is 0 Å². The number of aryl methyl sites for hydroxylation is 1. The molecule has 12 heavy (non-hydrogen) atoms. The molecule has 1 aromatic rings. The Labute approximate surface area is 80.8 Å². The molecular formula is C9H12BrNO. The molecule has 0 saturated carbocycles. The van der Waals surface area contributed by atoms with Gasteiger partial charge in [-0.1, -0.05) is 0 Å². The lowest BCUT2D eigenvalue weighted by Crippen LogP contribution is -1.96. The first-order valence-corrected chi connectivity index (χ1v) is 4.63. The van der Waals surface area contributed by atoms with Crippen molar-refractivity contribution >= 4 is 21.6 Å². The molecule has 0 radical (unpaired) electrons. The summed E-state index contributed by atoms with van der Waals surface area (Å²) in [6.45, 7) is 4.57. The number of ether oxygens (including phenoxy) is 1. The largest absolute Gasteiger partial charge is 0.493 e. The average molecular weight is 230 g/mol. The summed E-state index contributed by atoms with van der Waals surface area (Å²) in [5.41, 5.74) is 7.54. The second-order valence-electron chi connectivity index (χ2n) is 2.57. The van der Waals surface area contributed by atoms with Crippen LogP contribution in [0.2, 0.25) is 0 Å². The topological polar surface area (TPSA) is 35.2 Å². The van der Waals surface area contributed by atoms with E-state index < -0.39 is 0 Å². The van der Waals surface area contributed by atoms with Gasteiger partial charge in [0.1, 0.15) is 5.75 Å². The van der Waals surface area contributed by atoms with Crippen LogP contribution in [0, 0.1) is 6.92 Å². The Bertz CT molecular complexity index is 286. The first-order chi connectivity index (χ1) is 5.65. The van der Waals surface area contributed by atoms with Gasteiger partial charge in [0, 0.05) is 11.8 Å². The quantitative estimate of drug-likeness (QED) is 0.793. The SMILES string of the molecule is CCOc1cc(N)c(C)cc1Br. The van der Waals surface area contributed by atoms with Gasteiger partial charge < -0.3 is 10.5 Å². The predicted molar refractivity (Wildman–Crippen MR) is 54.5 cm³/mol. The Morgan fingerprint density at radius 1 is 1.50 bits per heavy atom. The lowest BCUT2D eigenvalue weighted by atomic mass is 10.2. The molecule has 0 aromatic heterocycles. The van der Waals surface area contributed by atoms with Crippen molar-refractivity contribution in [2.24, 2.45) is 0 Å². The van der Waals surface area contributed by atoms with Gasteiger partial charge in [0.05, 0.1) is 11.1 Å². The van der Waals surface area contributed by atoms with Crippen LogP contribution >= 0.6 is 15.9 Å². The van der Waals surface area contributed by atoms with Crippen LogP contribution in [0.1, 0.15) is 12.5 Å². The van der Waals surface area contributed by atoms with Crippen molar-refractivity contribution in [3.63, 3.8) is 0 Å². The van der Waals surface area contributed by atoms with E-state index in [2.05, 4.69) is 15.9 Å². The molecule has 0 unspecified atom stereocenters. The van der Waals surface area contributed by atoms with E-state index in [0.717, 1.165) is 21.5 Å². The van der Waals surface area contributed by atoms with Crippen LogP contribution in [-0.4, -0.2) is 6.61 Å². The summed E-state index contributed by atoms with van der Waals surface area (Å²) in [4.78, 5) is 0. The summed E-state index contributed by atoms with van der Waals surface area (Å²) in [6, 6.07) is 3.79. The normalized spacial score (nSPS) is 9.92. The summed E-state index contributed by atoms with van der Waals surface area (Å²) in [5, 5.41) is 0. The van der Waals surface area contributed by atoms with Crippen LogP contribution in [0.15, 0.2) is 16.6 Å². The zero-order valence-corrected chi connectivity index (χ0v) is 8.81. The van der Waals surface area contributed by atoms with Gasteiger partial charge in [-0.15, -0.1) is 0 Å². The summed E-state index contributed by atoms with van der Waals surface area (Å²) >= 11 is 3.40. The molecule has 0 bridgehead atoms. The van der Waals surface area contributed by atoms with Gasteiger partial charge in [0.15, 0.2) is 0 Å². The number of nitrogens with two attached hydrogens (primary N) is 1. The molecule has 0 spiro atoms. The molecule has 2 nitrogen and oxygen atoms in total. The highest BCUT2D eigenvalue weighted by Crippen LogP contribution is 2.29. The molecule has 3 heteroatoms. The minimum absolute atomic E-state index is 0.654. The zero-order chi connectivity index (χ0) is 9.14. The molecule has 0 aliphatic rings. The van der Waals surface area contributed by atoms with Crippen LogP contribution in [0.5, 0.6) is 5.75 Å². The molecule has 0 aliphatic heterocycles. The Balaban J connectivity index is 3.05. The molecule has 1 rings (SSSR count). The standard InChI is InChI=1S/C9H12BrNO/c1-3-12-9-5-8(11)6(2)4-7(9)10/h4-5H,3,11H2,1-2H3. The lowest BCUT2D eigenvalue weighted by Gasteiger charge is -2.08. The maximum absolute atomic E-state index is 5.72. The smallest absolute Gasteiger partial charge is 0.135 e. The molecular weight excluding hydrogens is 218 g/mol. The fourth-order valence-electron chi connectivity index (χ4n) is 0.935. The third-order valence-corrected chi connectivity index (χ3v) is 2.24. The Morgan fingerprint density at radius 3 is 2.75 bits per heavy atom. The molecule has 66 valence electrons. The van der Waals surface area contributed by atoms with E-state index in [4.69, 9.17) is 10.5 Å². The fraction of sp³-hybridized carbons (Fsp3) is 0.333. The second-order valence-corrected chi connectivity index (χ2v) is 3.43. The van der Waals surface area contributed by atoms with Crippen molar-refractivity contribution in [3.8, 4) is 5.75 Å². The summed E-state index contributed by atoms with van der Waals surface area (Å²) in [5.74, 6) is 0.806. The number of hydrogen-bond acceptors (Lipinski definition) is 2. The monoisotopic (exact) mass is 229 g/mol. The van der Waals surface area contributed by atoms with Crippen molar-refractivity contribution in [2.45, 2.75) is 13.8 Å². The molecule has 0 saturated heterocycles. The molecule has 0 heterocycles. The minimum atomic E-state index is 0.654. The van der Waals surface area contributed by atoms with E-state index in [1.54, 1.807) is 0 Å². The van der Waals surface area contributed by atoms with Gasteiger partial charge in [-0.3, -0.25) is 0 Å². The van der Waals surface area contributed by atoms with Gasteiger partial charge in [-0.05, 0) is 41.4 Å². The van der Waals surface area contributed by atoms with Gasteiger partial charge >= 0.3 is 0 Å². The van der Waals surface area contributed by atoms with Gasteiger partial charge in [-0.2, -0.15) is 0 Å². The highest BCUT2D eigenvalue weighted by molar-refractivity contribution is 9.10. The third kappa shape index (κ3) is 1.91. The number of halogens is 1. The minimum Gasteiger partial charge on any atom is -0.493 e. The first-order valence-electron chi connectivity index (χ1n) is 3.83. The lowest BCUT2D eigenvalue weighted by molar-refractivity contribution is 0.338. The van der Waals surface area contributed by atoms with E-state index in [-0.39, 0.29) is 0 Å². The number of rotatable bonds is 2. The predicted octanol–water partition coefficient (Wildman–Crippen LogP) is 2.74. The van der Waals surface area contributed by atoms with Crippen LogP contribution < -0.4 is 10.5 Å². The van der Waals surface area contributed by atoms with Crippen LogP contribution in [0.25, 0.3) is 0 Å². The molecule has 0 amide bonds. The number of benzene rings is 1. The average Bonchev–Trinajstić information content (AvgIpc) is 2.01. The van der Waals surface area contributed by atoms with Crippen molar-refractivity contribution in [3.05, 3.63) is 22.2 Å². The van der Waals surface area contributed by atoms with Crippen molar-refractivity contribution in [1.82, 2.24) is 0 Å². The molecule has 1 aromatic carbocycles. The van der Waals surface area contributed by atoms with E-state index in [0.29, 0.717) is 6.61 Å². The summed E-state index contributed by atoms with van der Waals surface area (Å²) in [7, 11) is 0. The van der Waals surface area contributed by atoms with E-state index in [9.17, 15) is 0 Å². The maximum Gasteiger partial charge on any atom is 0.135 e.